The second-order valence-electron chi connectivity index (χ2n) is 3.73. The zero-order chi connectivity index (χ0) is 11.5. The average molecular weight is 224 g/mol. The standard InChI is InChI=1S/C10H12N2O4/c1-6-4-7(5-15-6)10-12-11-8(16-10)2-3-9(13)14/h2-3,6-7H,4-5H2,1H3,(H,13,14)/b3-2+. The van der Waals surface area contributed by atoms with E-state index in [0.29, 0.717) is 12.5 Å². The molecule has 0 saturated carbocycles. The van der Waals surface area contributed by atoms with Crippen molar-refractivity contribution in [1.82, 2.24) is 10.2 Å². The van der Waals surface area contributed by atoms with Gasteiger partial charge in [0.2, 0.25) is 11.8 Å². The van der Waals surface area contributed by atoms with Gasteiger partial charge in [-0.05, 0) is 13.3 Å². The minimum Gasteiger partial charge on any atom is -0.478 e. The quantitative estimate of drug-likeness (QED) is 0.772. The molecule has 2 atom stereocenters. The molecule has 1 fully saturated rings. The van der Waals surface area contributed by atoms with E-state index in [1.165, 1.54) is 6.08 Å². The van der Waals surface area contributed by atoms with Crippen LogP contribution >= 0.6 is 0 Å². The lowest BCUT2D eigenvalue weighted by molar-refractivity contribution is -0.131. The molecule has 2 rings (SSSR count). The number of rotatable bonds is 3. The van der Waals surface area contributed by atoms with Gasteiger partial charge in [0.25, 0.3) is 0 Å². The minimum atomic E-state index is -1.04. The third kappa shape index (κ3) is 2.46. The molecule has 0 radical (unpaired) electrons. The van der Waals surface area contributed by atoms with Crippen molar-refractivity contribution in [2.24, 2.45) is 0 Å². The molecule has 1 N–H and O–H groups in total. The normalized spacial score (nSPS) is 25.3. The number of ether oxygens (including phenoxy) is 1. The maximum absolute atomic E-state index is 10.3. The van der Waals surface area contributed by atoms with E-state index in [0.717, 1.165) is 12.5 Å². The number of carboxylic acid groups (broad SMARTS) is 1. The molecule has 16 heavy (non-hydrogen) atoms. The molecule has 2 unspecified atom stereocenters. The summed E-state index contributed by atoms with van der Waals surface area (Å²) in [6.07, 6.45) is 3.29. The fraction of sp³-hybridized carbons (Fsp3) is 0.500. The maximum Gasteiger partial charge on any atom is 0.328 e. The Kier molecular flexibility index (Phi) is 3.00. The van der Waals surface area contributed by atoms with Gasteiger partial charge < -0.3 is 14.3 Å². The first-order chi connectivity index (χ1) is 7.65. The van der Waals surface area contributed by atoms with Gasteiger partial charge in [-0.15, -0.1) is 10.2 Å². The maximum atomic E-state index is 10.3. The molecular weight excluding hydrogens is 212 g/mol. The third-order valence-electron chi connectivity index (χ3n) is 2.37. The van der Waals surface area contributed by atoms with Crippen molar-refractivity contribution < 1.29 is 19.1 Å². The van der Waals surface area contributed by atoms with Crippen molar-refractivity contribution >= 4 is 12.0 Å². The first-order valence-electron chi connectivity index (χ1n) is 5.01. The molecule has 0 bridgehead atoms. The van der Waals surface area contributed by atoms with Gasteiger partial charge in [-0.1, -0.05) is 0 Å². The molecule has 0 amide bonds. The summed E-state index contributed by atoms with van der Waals surface area (Å²) in [7, 11) is 0. The van der Waals surface area contributed by atoms with Gasteiger partial charge in [-0.25, -0.2) is 4.79 Å². The second kappa shape index (κ2) is 4.44. The van der Waals surface area contributed by atoms with E-state index < -0.39 is 5.97 Å². The van der Waals surface area contributed by atoms with Crippen LogP contribution in [-0.2, 0) is 9.53 Å². The Balaban J connectivity index is 2.05. The van der Waals surface area contributed by atoms with E-state index in [-0.39, 0.29) is 17.9 Å². The Morgan fingerprint density at radius 2 is 2.38 bits per heavy atom. The molecular formula is C10H12N2O4. The lowest BCUT2D eigenvalue weighted by atomic mass is 10.1. The van der Waals surface area contributed by atoms with Crippen molar-refractivity contribution in [2.75, 3.05) is 6.61 Å². The molecule has 1 aromatic heterocycles. The molecule has 0 aromatic carbocycles. The summed E-state index contributed by atoms with van der Waals surface area (Å²) in [5, 5.41) is 16.0. The van der Waals surface area contributed by atoms with Gasteiger partial charge >= 0.3 is 5.97 Å². The molecule has 6 nitrogen and oxygen atoms in total. The van der Waals surface area contributed by atoms with Crippen molar-refractivity contribution in [3.8, 4) is 0 Å². The molecule has 2 heterocycles. The van der Waals surface area contributed by atoms with Gasteiger partial charge in [-0.3, -0.25) is 0 Å². The molecule has 6 heteroatoms. The SMILES string of the molecule is CC1CC(c2nnc(/C=C/C(=O)O)o2)CO1. The summed E-state index contributed by atoms with van der Waals surface area (Å²) in [4.78, 5) is 10.3. The van der Waals surface area contributed by atoms with E-state index in [4.69, 9.17) is 14.3 Å². The fourth-order valence-corrected chi connectivity index (χ4v) is 1.61. The number of carbonyl (C=O) groups is 1. The zero-order valence-electron chi connectivity index (χ0n) is 8.79. The zero-order valence-corrected chi connectivity index (χ0v) is 8.79. The number of hydrogen-bond acceptors (Lipinski definition) is 5. The van der Waals surface area contributed by atoms with Crippen LogP contribution in [0.5, 0.6) is 0 Å². The highest BCUT2D eigenvalue weighted by Crippen LogP contribution is 2.28. The smallest absolute Gasteiger partial charge is 0.328 e. The fourth-order valence-electron chi connectivity index (χ4n) is 1.61. The Morgan fingerprint density at radius 1 is 1.56 bits per heavy atom. The summed E-state index contributed by atoms with van der Waals surface area (Å²) in [5.41, 5.74) is 0. The van der Waals surface area contributed by atoms with E-state index >= 15 is 0 Å². The number of nitrogens with zero attached hydrogens (tertiary/aromatic N) is 2. The van der Waals surface area contributed by atoms with Crippen molar-refractivity contribution in [2.45, 2.75) is 25.4 Å². The Morgan fingerprint density at radius 3 is 3.00 bits per heavy atom. The first kappa shape index (κ1) is 10.8. The van der Waals surface area contributed by atoms with E-state index in [1.54, 1.807) is 0 Å². The predicted octanol–water partition coefficient (Wildman–Crippen LogP) is 1.06. The van der Waals surface area contributed by atoms with Crippen molar-refractivity contribution in [3.05, 3.63) is 17.9 Å². The van der Waals surface area contributed by atoms with Gasteiger partial charge in [0, 0.05) is 12.2 Å². The van der Waals surface area contributed by atoms with Gasteiger partial charge in [0.15, 0.2) is 0 Å². The van der Waals surface area contributed by atoms with Crippen LogP contribution in [0.4, 0.5) is 0 Å². The molecule has 1 aliphatic heterocycles. The van der Waals surface area contributed by atoms with Gasteiger partial charge in [0.05, 0.1) is 18.6 Å². The molecule has 86 valence electrons. The first-order valence-corrected chi connectivity index (χ1v) is 5.01. The van der Waals surface area contributed by atoms with Crippen LogP contribution in [0.1, 0.15) is 31.0 Å². The molecule has 1 aliphatic rings. The average Bonchev–Trinajstić information content (AvgIpc) is 2.83. The third-order valence-corrected chi connectivity index (χ3v) is 2.37. The molecule has 0 aliphatic carbocycles. The summed E-state index contributed by atoms with van der Waals surface area (Å²) >= 11 is 0. The summed E-state index contributed by atoms with van der Waals surface area (Å²) in [6.45, 7) is 2.56. The monoisotopic (exact) mass is 224 g/mol. The topological polar surface area (TPSA) is 85.5 Å². The summed E-state index contributed by atoms with van der Waals surface area (Å²) < 4.78 is 10.7. The Bertz CT molecular complexity index is 413. The van der Waals surface area contributed by atoms with Crippen molar-refractivity contribution in [3.63, 3.8) is 0 Å². The van der Waals surface area contributed by atoms with Crippen LogP contribution < -0.4 is 0 Å². The van der Waals surface area contributed by atoms with Crippen LogP contribution in [0.2, 0.25) is 0 Å². The minimum absolute atomic E-state index is 0.120. The van der Waals surface area contributed by atoms with E-state index in [9.17, 15) is 4.79 Å². The Labute approximate surface area is 91.9 Å². The summed E-state index contributed by atoms with van der Waals surface area (Å²) in [5.74, 6) is -0.210. The van der Waals surface area contributed by atoms with Crippen LogP contribution in [0, 0.1) is 0 Å². The number of carboxylic acids is 1. The highest BCUT2D eigenvalue weighted by atomic mass is 16.5. The lowest BCUT2D eigenvalue weighted by Crippen LogP contribution is -1.98. The summed E-state index contributed by atoms with van der Waals surface area (Å²) in [6, 6.07) is 0. The predicted molar refractivity (Wildman–Crippen MR) is 53.7 cm³/mol. The second-order valence-corrected chi connectivity index (χ2v) is 3.73. The highest BCUT2D eigenvalue weighted by molar-refractivity contribution is 5.84. The largest absolute Gasteiger partial charge is 0.478 e. The van der Waals surface area contributed by atoms with Crippen LogP contribution in [-0.4, -0.2) is 34.0 Å². The number of aliphatic carboxylic acids is 1. The molecule has 1 saturated heterocycles. The van der Waals surface area contributed by atoms with Crippen LogP contribution in [0.3, 0.4) is 0 Å². The lowest BCUT2D eigenvalue weighted by Gasteiger charge is -1.98. The van der Waals surface area contributed by atoms with Gasteiger partial charge in [-0.2, -0.15) is 0 Å². The number of aromatic nitrogens is 2. The van der Waals surface area contributed by atoms with Gasteiger partial charge in [0.1, 0.15) is 0 Å². The van der Waals surface area contributed by atoms with E-state index in [1.807, 2.05) is 6.92 Å². The molecule has 1 aromatic rings. The molecule has 0 spiro atoms. The van der Waals surface area contributed by atoms with Crippen molar-refractivity contribution in [1.29, 1.82) is 0 Å². The van der Waals surface area contributed by atoms with Crippen LogP contribution in [0.25, 0.3) is 6.08 Å². The highest BCUT2D eigenvalue weighted by Gasteiger charge is 2.27. The van der Waals surface area contributed by atoms with Crippen LogP contribution in [0.15, 0.2) is 10.5 Å². The number of hydrogen-bond donors (Lipinski definition) is 1. The Hall–Kier alpha value is -1.69. The van der Waals surface area contributed by atoms with E-state index in [2.05, 4.69) is 10.2 Å².